The lowest BCUT2D eigenvalue weighted by Crippen LogP contribution is -2.49. The second kappa shape index (κ2) is 4.88. The van der Waals surface area contributed by atoms with Crippen LogP contribution in [0.4, 0.5) is 10.1 Å². The van der Waals surface area contributed by atoms with E-state index < -0.39 is 0 Å². The fraction of sp³-hybridized carbons (Fsp3) is 0.600. The number of anilines is 1. The van der Waals surface area contributed by atoms with Crippen LogP contribution in [-0.4, -0.2) is 24.7 Å². The second-order valence-corrected chi connectivity index (χ2v) is 5.50. The van der Waals surface area contributed by atoms with E-state index in [0.29, 0.717) is 18.1 Å². The molecule has 2 fully saturated rings. The van der Waals surface area contributed by atoms with Crippen molar-refractivity contribution in [1.29, 1.82) is 0 Å². The SMILES string of the molecule is CCNC1CC2CCC(C1)N2c1cccc(F)c1. The van der Waals surface area contributed by atoms with Gasteiger partial charge in [-0.25, -0.2) is 4.39 Å². The Bertz CT molecular complexity index is 407. The van der Waals surface area contributed by atoms with E-state index in [4.69, 9.17) is 0 Å². The summed E-state index contributed by atoms with van der Waals surface area (Å²) in [5.74, 6) is -0.124. The van der Waals surface area contributed by atoms with Crippen LogP contribution in [-0.2, 0) is 0 Å². The third-order valence-electron chi connectivity index (χ3n) is 4.33. The summed E-state index contributed by atoms with van der Waals surface area (Å²) in [6, 6.07) is 8.90. The molecular formula is C15H21FN2. The zero-order valence-corrected chi connectivity index (χ0v) is 10.9. The summed E-state index contributed by atoms with van der Waals surface area (Å²) >= 11 is 0. The zero-order chi connectivity index (χ0) is 12.5. The number of nitrogens with zero attached hydrogens (tertiary/aromatic N) is 1. The predicted molar refractivity (Wildman–Crippen MR) is 72.4 cm³/mol. The Hall–Kier alpha value is -1.09. The molecule has 2 heterocycles. The molecule has 1 N–H and O–H groups in total. The number of benzene rings is 1. The molecule has 0 spiro atoms. The Morgan fingerprint density at radius 3 is 2.61 bits per heavy atom. The molecule has 0 aliphatic carbocycles. The number of fused-ring (bicyclic) bond motifs is 2. The molecule has 1 aromatic carbocycles. The van der Waals surface area contributed by atoms with E-state index in [1.807, 2.05) is 12.1 Å². The molecule has 98 valence electrons. The van der Waals surface area contributed by atoms with E-state index in [1.54, 1.807) is 6.07 Å². The molecule has 0 radical (unpaired) electrons. The first-order valence-electron chi connectivity index (χ1n) is 7.05. The molecular weight excluding hydrogens is 227 g/mol. The van der Waals surface area contributed by atoms with Gasteiger partial charge in [-0.3, -0.25) is 0 Å². The lowest BCUT2D eigenvalue weighted by molar-refractivity contribution is 0.361. The number of halogens is 1. The van der Waals surface area contributed by atoms with E-state index in [-0.39, 0.29) is 5.82 Å². The maximum Gasteiger partial charge on any atom is 0.125 e. The highest BCUT2D eigenvalue weighted by Gasteiger charge is 2.40. The molecule has 2 unspecified atom stereocenters. The topological polar surface area (TPSA) is 15.3 Å². The quantitative estimate of drug-likeness (QED) is 0.884. The largest absolute Gasteiger partial charge is 0.365 e. The van der Waals surface area contributed by atoms with Crippen molar-refractivity contribution in [2.45, 2.75) is 50.7 Å². The molecule has 1 aromatic rings. The molecule has 0 saturated carbocycles. The fourth-order valence-electron chi connectivity index (χ4n) is 3.69. The molecule has 2 nitrogen and oxygen atoms in total. The summed E-state index contributed by atoms with van der Waals surface area (Å²) in [6.45, 7) is 3.21. The first-order valence-corrected chi connectivity index (χ1v) is 7.05. The minimum absolute atomic E-state index is 0.124. The average molecular weight is 248 g/mol. The van der Waals surface area contributed by atoms with Gasteiger partial charge >= 0.3 is 0 Å². The summed E-state index contributed by atoms with van der Waals surface area (Å²) in [5, 5.41) is 3.57. The van der Waals surface area contributed by atoms with Crippen molar-refractivity contribution in [2.75, 3.05) is 11.4 Å². The van der Waals surface area contributed by atoms with Gasteiger partial charge in [0.1, 0.15) is 5.82 Å². The van der Waals surface area contributed by atoms with Gasteiger partial charge in [0.2, 0.25) is 0 Å². The molecule has 3 heteroatoms. The van der Waals surface area contributed by atoms with Crippen molar-refractivity contribution in [3.63, 3.8) is 0 Å². The van der Waals surface area contributed by atoms with Gasteiger partial charge in [-0.05, 0) is 50.4 Å². The molecule has 0 aromatic heterocycles. The Morgan fingerprint density at radius 2 is 2.00 bits per heavy atom. The average Bonchev–Trinajstić information content (AvgIpc) is 2.62. The van der Waals surface area contributed by atoms with Gasteiger partial charge < -0.3 is 10.2 Å². The van der Waals surface area contributed by atoms with Crippen molar-refractivity contribution in [3.05, 3.63) is 30.1 Å². The monoisotopic (exact) mass is 248 g/mol. The smallest absolute Gasteiger partial charge is 0.125 e. The minimum Gasteiger partial charge on any atom is -0.365 e. The summed E-state index contributed by atoms with van der Waals surface area (Å²) in [4.78, 5) is 2.46. The van der Waals surface area contributed by atoms with Crippen molar-refractivity contribution >= 4 is 5.69 Å². The molecule has 2 atom stereocenters. The third kappa shape index (κ3) is 2.12. The first-order chi connectivity index (χ1) is 8.78. The van der Waals surface area contributed by atoms with Crippen molar-refractivity contribution in [3.8, 4) is 0 Å². The van der Waals surface area contributed by atoms with Crippen LogP contribution in [0.5, 0.6) is 0 Å². The van der Waals surface area contributed by atoms with E-state index in [0.717, 1.165) is 12.2 Å². The molecule has 2 saturated heterocycles. The molecule has 2 aliphatic heterocycles. The highest BCUT2D eigenvalue weighted by molar-refractivity contribution is 5.50. The normalized spacial score (nSPS) is 30.8. The van der Waals surface area contributed by atoms with Gasteiger partial charge in [-0.2, -0.15) is 0 Å². The van der Waals surface area contributed by atoms with Crippen LogP contribution in [0.3, 0.4) is 0 Å². The van der Waals surface area contributed by atoms with Crippen LogP contribution in [0.2, 0.25) is 0 Å². The zero-order valence-electron chi connectivity index (χ0n) is 10.9. The molecule has 0 amide bonds. The lowest BCUT2D eigenvalue weighted by atomic mass is 9.96. The van der Waals surface area contributed by atoms with E-state index in [9.17, 15) is 4.39 Å². The maximum atomic E-state index is 13.4. The Balaban J connectivity index is 1.79. The maximum absolute atomic E-state index is 13.4. The van der Waals surface area contributed by atoms with Crippen LogP contribution >= 0.6 is 0 Å². The number of hydrogen-bond acceptors (Lipinski definition) is 2. The van der Waals surface area contributed by atoms with Gasteiger partial charge in [-0.1, -0.05) is 13.0 Å². The molecule has 18 heavy (non-hydrogen) atoms. The standard InChI is InChI=1S/C15H21FN2/c1-2-17-12-9-14-6-7-15(10-12)18(14)13-5-3-4-11(16)8-13/h3-5,8,12,14-15,17H,2,6-7,9-10H2,1H3. The van der Waals surface area contributed by atoms with Gasteiger partial charge in [0.05, 0.1) is 0 Å². The van der Waals surface area contributed by atoms with Gasteiger partial charge in [0.15, 0.2) is 0 Å². The first kappa shape index (κ1) is 12.0. The molecule has 3 rings (SSSR count). The Kier molecular flexibility index (Phi) is 3.25. The third-order valence-corrected chi connectivity index (χ3v) is 4.33. The Morgan fingerprint density at radius 1 is 1.28 bits per heavy atom. The van der Waals surface area contributed by atoms with Crippen molar-refractivity contribution in [2.24, 2.45) is 0 Å². The predicted octanol–water partition coefficient (Wildman–Crippen LogP) is 2.94. The van der Waals surface area contributed by atoms with E-state index in [2.05, 4.69) is 17.1 Å². The number of hydrogen-bond donors (Lipinski definition) is 1. The van der Waals surface area contributed by atoms with Gasteiger partial charge in [-0.15, -0.1) is 0 Å². The molecule has 2 aliphatic rings. The van der Waals surface area contributed by atoms with Crippen LogP contribution in [0.1, 0.15) is 32.6 Å². The van der Waals surface area contributed by atoms with Crippen molar-refractivity contribution in [1.82, 2.24) is 5.32 Å². The van der Waals surface area contributed by atoms with E-state index in [1.165, 1.54) is 31.7 Å². The number of piperidine rings is 1. The van der Waals surface area contributed by atoms with E-state index >= 15 is 0 Å². The van der Waals surface area contributed by atoms with Crippen LogP contribution in [0, 0.1) is 5.82 Å². The summed E-state index contributed by atoms with van der Waals surface area (Å²) < 4.78 is 13.4. The lowest BCUT2D eigenvalue weighted by Gasteiger charge is -2.41. The summed E-state index contributed by atoms with van der Waals surface area (Å²) in [6.07, 6.45) is 4.90. The minimum atomic E-state index is -0.124. The number of nitrogens with one attached hydrogen (secondary N) is 1. The highest BCUT2D eigenvalue weighted by Crippen LogP contribution is 2.39. The van der Waals surface area contributed by atoms with Crippen molar-refractivity contribution < 1.29 is 4.39 Å². The Labute approximate surface area is 108 Å². The summed E-state index contributed by atoms with van der Waals surface area (Å²) in [5.41, 5.74) is 1.07. The van der Waals surface area contributed by atoms with Gasteiger partial charge in [0, 0.05) is 23.8 Å². The fourth-order valence-corrected chi connectivity index (χ4v) is 3.69. The second-order valence-electron chi connectivity index (χ2n) is 5.50. The van der Waals surface area contributed by atoms with Crippen LogP contribution in [0.15, 0.2) is 24.3 Å². The van der Waals surface area contributed by atoms with Crippen LogP contribution < -0.4 is 10.2 Å². The summed E-state index contributed by atoms with van der Waals surface area (Å²) in [7, 11) is 0. The highest BCUT2D eigenvalue weighted by atomic mass is 19.1. The molecule has 2 bridgehead atoms. The van der Waals surface area contributed by atoms with Crippen LogP contribution in [0.25, 0.3) is 0 Å². The number of rotatable bonds is 3. The van der Waals surface area contributed by atoms with Gasteiger partial charge in [0.25, 0.3) is 0 Å².